The Bertz CT molecular complexity index is 613. The van der Waals surface area contributed by atoms with Gasteiger partial charge in [-0.25, -0.2) is 8.78 Å². The van der Waals surface area contributed by atoms with Gasteiger partial charge in [0.15, 0.2) is 0 Å². The van der Waals surface area contributed by atoms with Crippen LogP contribution in [0.4, 0.5) is 8.78 Å². The molecule has 0 saturated carbocycles. The molecule has 0 saturated heterocycles. The summed E-state index contributed by atoms with van der Waals surface area (Å²) in [5.74, 6) is -1.15. The third-order valence-corrected chi connectivity index (χ3v) is 4.02. The van der Waals surface area contributed by atoms with Crippen molar-refractivity contribution < 1.29 is 8.78 Å². The van der Waals surface area contributed by atoms with Gasteiger partial charge in [0, 0.05) is 21.6 Å². The van der Waals surface area contributed by atoms with Crippen LogP contribution in [0.1, 0.15) is 24.1 Å². The molecule has 1 unspecified atom stereocenters. The third-order valence-electron chi connectivity index (χ3n) is 3.18. The van der Waals surface area contributed by atoms with Crippen LogP contribution in [0.2, 0.25) is 5.02 Å². The summed E-state index contributed by atoms with van der Waals surface area (Å²) in [5.41, 5.74) is 1.50. The lowest BCUT2D eigenvalue weighted by Gasteiger charge is -2.19. The maximum Gasteiger partial charge on any atom is 0.126 e. The Morgan fingerprint density at radius 1 is 1.14 bits per heavy atom. The first-order valence-corrected chi connectivity index (χ1v) is 7.80. The SMILES string of the molecule is CCNC(Cc1ccc(Br)cc1Cl)c1cc(F)cc(F)c1. The number of rotatable bonds is 5. The molecular weight excluding hydrogens is 360 g/mol. The number of benzene rings is 2. The largest absolute Gasteiger partial charge is 0.310 e. The van der Waals surface area contributed by atoms with E-state index < -0.39 is 11.6 Å². The first-order chi connectivity index (χ1) is 9.99. The zero-order chi connectivity index (χ0) is 15.4. The second kappa shape index (κ2) is 7.34. The molecule has 1 atom stereocenters. The molecule has 0 aliphatic heterocycles. The topological polar surface area (TPSA) is 12.0 Å². The molecule has 5 heteroatoms. The highest BCUT2D eigenvalue weighted by Gasteiger charge is 2.15. The molecule has 0 fully saturated rings. The quantitative estimate of drug-likeness (QED) is 0.751. The molecule has 1 nitrogen and oxygen atoms in total. The van der Waals surface area contributed by atoms with E-state index in [2.05, 4.69) is 21.2 Å². The maximum atomic E-state index is 13.4. The molecule has 0 spiro atoms. The Kier molecular flexibility index (Phi) is 5.73. The van der Waals surface area contributed by atoms with E-state index in [0.717, 1.165) is 16.1 Å². The predicted octanol–water partition coefficient (Wildman–Crippen LogP) is 5.27. The summed E-state index contributed by atoms with van der Waals surface area (Å²) in [7, 11) is 0. The highest BCUT2D eigenvalue weighted by Crippen LogP contribution is 2.27. The van der Waals surface area contributed by atoms with Gasteiger partial charge in [0.05, 0.1) is 0 Å². The van der Waals surface area contributed by atoms with Crippen molar-refractivity contribution in [2.45, 2.75) is 19.4 Å². The standard InChI is InChI=1S/C16H15BrClF2N/c1-2-21-16(11-5-13(19)9-14(20)6-11)7-10-3-4-12(17)8-15(10)18/h3-6,8-9,16,21H,2,7H2,1H3. The second-order valence-corrected chi connectivity index (χ2v) is 6.08. The smallest absolute Gasteiger partial charge is 0.126 e. The fraction of sp³-hybridized carbons (Fsp3) is 0.250. The molecule has 0 aliphatic carbocycles. The van der Waals surface area contributed by atoms with Gasteiger partial charge in [0.25, 0.3) is 0 Å². The molecule has 0 aromatic heterocycles. The highest BCUT2D eigenvalue weighted by molar-refractivity contribution is 9.10. The number of halogens is 4. The van der Waals surface area contributed by atoms with Crippen molar-refractivity contribution in [3.05, 3.63) is 68.7 Å². The van der Waals surface area contributed by atoms with E-state index in [0.29, 0.717) is 23.6 Å². The van der Waals surface area contributed by atoms with E-state index in [9.17, 15) is 8.78 Å². The van der Waals surface area contributed by atoms with Gasteiger partial charge in [-0.3, -0.25) is 0 Å². The molecule has 112 valence electrons. The van der Waals surface area contributed by atoms with Crippen LogP contribution in [0, 0.1) is 11.6 Å². The molecule has 0 aliphatic rings. The predicted molar refractivity (Wildman–Crippen MR) is 85.6 cm³/mol. The first-order valence-electron chi connectivity index (χ1n) is 6.63. The summed E-state index contributed by atoms with van der Waals surface area (Å²) in [4.78, 5) is 0. The van der Waals surface area contributed by atoms with Crippen LogP contribution in [-0.4, -0.2) is 6.54 Å². The average Bonchev–Trinajstić information content (AvgIpc) is 2.40. The van der Waals surface area contributed by atoms with Crippen LogP contribution in [0.5, 0.6) is 0 Å². The van der Waals surface area contributed by atoms with Gasteiger partial charge < -0.3 is 5.32 Å². The van der Waals surface area contributed by atoms with E-state index in [1.165, 1.54) is 12.1 Å². The monoisotopic (exact) mass is 373 g/mol. The van der Waals surface area contributed by atoms with Crippen LogP contribution >= 0.6 is 27.5 Å². The Morgan fingerprint density at radius 3 is 2.38 bits per heavy atom. The minimum absolute atomic E-state index is 0.195. The van der Waals surface area contributed by atoms with Crippen LogP contribution in [-0.2, 0) is 6.42 Å². The molecule has 0 heterocycles. The molecule has 2 aromatic carbocycles. The fourth-order valence-electron chi connectivity index (χ4n) is 2.24. The Hall–Kier alpha value is -0.970. The maximum absolute atomic E-state index is 13.4. The van der Waals surface area contributed by atoms with E-state index in [1.54, 1.807) is 0 Å². The highest BCUT2D eigenvalue weighted by atomic mass is 79.9. The van der Waals surface area contributed by atoms with Crippen molar-refractivity contribution in [3.63, 3.8) is 0 Å². The summed E-state index contributed by atoms with van der Waals surface area (Å²) in [5, 5.41) is 3.87. The zero-order valence-corrected chi connectivity index (χ0v) is 13.8. The fourth-order valence-corrected chi connectivity index (χ4v) is 2.99. The lowest BCUT2D eigenvalue weighted by molar-refractivity contribution is 0.529. The summed E-state index contributed by atoms with van der Waals surface area (Å²) in [6, 6.07) is 9.00. The van der Waals surface area contributed by atoms with Gasteiger partial charge >= 0.3 is 0 Å². The summed E-state index contributed by atoms with van der Waals surface area (Å²) < 4.78 is 27.7. The second-order valence-electron chi connectivity index (χ2n) is 4.75. The molecule has 1 N–H and O–H groups in total. The lowest BCUT2D eigenvalue weighted by atomic mass is 9.98. The van der Waals surface area contributed by atoms with E-state index >= 15 is 0 Å². The first kappa shape index (κ1) is 16.4. The lowest BCUT2D eigenvalue weighted by Crippen LogP contribution is -2.23. The van der Waals surface area contributed by atoms with Crippen molar-refractivity contribution in [2.24, 2.45) is 0 Å². The van der Waals surface area contributed by atoms with Crippen LogP contribution in [0.3, 0.4) is 0 Å². The van der Waals surface area contributed by atoms with Gasteiger partial charge in [-0.15, -0.1) is 0 Å². The van der Waals surface area contributed by atoms with Gasteiger partial charge in [-0.2, -0.15) is 0 Å². The van der Waals surface area contributed by atoms with Crippen molar-refractivity contribution in [2.75, 3.05) is 6.54 Å². The Balaban J connectivity index is 2.30. The van der Waals surface area contributed by atoms with Gasteiger partial charge in [0.1, 0.15) is 11.6 Å². The third kappa shape index (κ3) is 4.50. The van der Waals surface area contributed by atoms with E-state index in [1.807, 2.05) is 25.1 Å². The van der Waals surface area contributed by atoms with E-state index in [4.69, 9.17) is 11.6 Å². The normalized spacial score (nSPS) is 12.4. The number of nitrogens with one attached hydrogen (secondary N) is 1. The van der Waals surface area contributed by atoms with Crippen LogP contribution in [0.15, 0.2) is 40.9 Å². The Labute approximate surface area is 136 Å². The number of hydrogen-bond acceptors (Lipinski definition) is 1. The molecule has 0 radical (unpaired) electrons. The molecule has 21 heavy (non-hydrogen) atoms. The molecule has 2 rings (SSSR count). The van der Waals surface area contributed by atoms with Crippen molar-refractivity contribution >= 4 is 27.5 Å². The Morgan fingerprint density at radius 2 is 1.81 bits per heavy atom. The van der Waals surface area contributed by atoms with Crippen molar-refractivity contribution in [1.29, 1.82) is 0 Å². The minimum Gasteiger partial charge on any atom is -0.310 e. The molecular formula is C16H15BrClF2N. The number of hydrogen-bond donors (Lipinski definition) is 1. The summed E-state index contributed by atoms with van der Waals surface area (Å²) >= 11 is 9.58. The minimum atomic E-state index is -0.574. The van der Waals surface area contributed by atoms with Gasteiger partial charge in [0.2, 0.25) is 0 Å². The summed E-state index contributed by atoms with van der Waals surface area (Å²) in [6.45, 7) is 2.64. The molecule has 2 aromatic rings. The van der Waals surface area contributed by atoms with Crippen LogP contribution < -0.4 is 5.32 Å². The number of likely N-dealkylation sites (N-methyl/N-ethyl adjacent to an activating group) is 1. The molecule has 0 bridgehead atoms. The van der Waals surface area contributed by atoms with Crippen molar-refractivity contribution in [1.82, 2.24) is 5.32 Å². The molecule has 0 amide bonds. The average molecular weight is 375 g/mol. The van der Waals surface area contributed by atoms with E-state index in [-0.39, 0.29) is 6.04 Å². The van der Waals surface area contributed by atoms with Gasteiger partial charge in [-0.05, 0) is 48.4 Å². The summed E-state index contributed by atoms with van der Waals surface area (Å²) in [6.07, 6.45) is 0.558. The van der Waals surface area contributed by atoms with Crippen LogP contribution in [0.25, 0.3) is 0 Å². The van der Waals surface area contributed by atoms with Gasteiger partial charge in [-0.1, -0.05) is 40.5 Å². The van der Waals surface area contributed by atoms with Crippen molar-refractivity contribution in [3.8, 4) is 0 Å². The zero-order valence-electron chi connectivity index (χ0n) is 11.5.